The van der Waals surface area contributed by atoms with Crippen molar-refractivity contribution < 1.29 is 4.79 Å². The van der Waals surface area contributed by atoms with Gasteiger partial charge in [-0.1, -0.05) is 43.5 Å². The van der Waals surface area contributed by atoms with Crippen molar-refractivity contribution in [2.45, 2.75) is 45.7 Å². The average molecular weight is 375 g/mol. The molecule has 0 spiro atoms. The van der Waals surface area contributed by atoms with Crippen molar-refractivity contribution in [2.75, 3.05) is 18.4 Å². The summed E-state index contributed by atoms with van der Waals surface area (Å²) in [6, 6.07) is 8.20. The van der Waals surface area contributed by atoms with E-state index in [-0.39, 0.29) is 11.8 Å². The monoisotopic (exact) mass is 374 g/mol. The highest BCUT2D eigenvalue weighted by molar-refractivity contribution is 6.30. The number of carbonyl (C=O) groups excluding carboxylic acids is 1. The highest BCUT2D eigenvalue weighted by Crippen LogP contribution is 2.16. The molecule has 0 radical (unpaired) electrons. The molecule has 1 amide bonds. The zero-order valence-electron chi connectivity index (χ0n) is 15.3. The van der Waals surface area contributed by atoms with E-state index >= 15 is 0 Å². The van der Waals surface area contributed by atoms with E-state index in [1.54, 1.807) is 17.1 Å². The van der Waals surface area contributed by atoms with Gasteiger partial charge in [0.15, 0.2) is 0 Å². The Balaban J connectivity index is 1.50. The number of halogens is 1. The molecule has 0 bridgehead atoms. The van der Waals surface area contributed by atoms with Crippen molar-refractivity contribution in [3.63, 3.8) is 0 Å². The Morgan fingerprint density at radius 2 is 1.88 bits per heavy atom. The van der Waals surface area contributed by atoms with Crippen LogP contribution in [0, 0.1) is 5.92 Å². The third-order valence-electron chi connectivity index (χ3n) is 4.84. The first-order valence-corrected chi connectivity index (χ1v) is 9.78. The maximum atomic E-state index is 12.4. The lowest BCUT2D eigenvalue weighted by atomic mass is 10.1. The molecule has 5 nitrogen and oxygen atoms in total. The summed E-state index contributed by atoms with van der Waals surface area (Å²) in [5.41, 5.74) is 2.13. The number of hydrogen-bond acceptors (Lipinski definition) is 3. The van der Waals surface area contributed by atoms with Crippen LogP contribution in [-0.2, 0) is 17.9 Å². The summed E-state index contributed by atoms with van der Waals surface area (Å²) in [7, 11) is 0. The van der Waals surface area contributed by atoms with Gasteiger partial charge in [0.1, 0.15) is 0 Å². The predicted octanol–water partition coefficient (Wildman–Crippen LogP) is 4.19. The molecule has 1 atom stereocenters. The number of benzene rings is 1. The molecule has 26 heavy (non-hydrogen) atoms. The van der Waals surface area contributed by atoms with E-state index in [1.165, 1.54) is 44.3 Å². The van der Waals surface area contributed by atoms with Gasteiger partial charge in [-0.2, -0.15) is 5.10 Å². The first-order chi connectivity index (χ1) is 12.6. The maximum absolute atomic E-state index is 12.4. The van der Waals surface area contributed by atoms with Crippen LogP contribution in [0.5, 0.6) is 0 Å². The van der Waals surface area contributed by atoms with Crippen LogP contribution in [0.3, 0.4) is 0 Å². The van der Waals surface area contributed by atoms with Crippen LogP contribution in [0.25, 0.3) is 0 Å². The second-order valence-electron chi connectivity index (χ2n) is 7.16. The number of likely N-dealkylation sites (tertiary alicyclic amines) is 1. The lowest BCUT2D eigenvalue weighted by Gasteiger charge is -2.20. The minimum atomic E-state index is -0.192. The molecule has 0 aliphatic carbocycles. The lowest BCUT2D eigenvalue weighted by Crippen LogP contribution is -2.25. The van der Waals surface area contributed by atoms with E-state index in [9.17, 15) is 4.79 Å². The van der Waals surface area contributed by atoms with Gasteiger partial charge < -0.3 is 5.32 Å². The third kappa shape index (κ3) is 5.58. The summed E-state index contributed by atoms with van der Waals surface area (Å²) in [6.45, 7) is 5.76. The largest absolute Gasteiger partial charge is 0.326 e. The smallest absolute Gasteiger partial charge is 0.229 e. The lowest BCUT2D eigenvalue weighted by molar-refractivity contribution is -0.119. The summed E-state index contributed by atoms with van der Waals surface area (Å²) in [5, 5.41) is 7.68. The van der Waals surface area contributed by atoms with Crippen LogP contribution in [0.4, 0.5) is 5.69 Å². The van der Waals surface area contributed by atoms with Crippen molar-refractivity contribution in [3.05, 3.63) is 47.2 Å². The Bertz CT molecular complexity index is 705. The van der Waals surface area contributed by atoms with Crippen molar-refractivity contribution in [2.24, 2.45) is 5.92 Å². The van der Waals surface area contributed by atoms with Crippen LogP contribution < -0.4 is 5.32 Å². The van der Waals surface area contributed by atoms with E-state index in [0.29, 0.717) is 11.6 Å². The molecule has 6 heteroatoms. The van der Waals surface area contributed by atoms with Crippen LogP contribution in [-0.4, -0.2) is 33.7 Å². The van der Waals surface area contributed by atoms with Gasteiger partial charge >= 0.3 is 0 Å². The molecule has 0 saturated carbocycles. The Hall–Kier alpha value is -1.85. The SMILES string of the molecule is C[C@@H](Cn1cc(Cl)cn1)C(=O)Nc1ccc(CN2CCCCCC2)cc1. The predicted molar refractivity (Wildman–Crippen MR) is 105 cm³/mol. The zero-order chi connectivity index (χ0) is 18.4. The summed E-state index contributed by atoms with van der Waals surface area (Å²) < 4.78 is 1.69. The van der Waals surface area contributed by atoms with E-state index in [0.717, 1.165) is 12.2 Å². The molecule has 1 aliphatic heterocycles. The quantitative estimate of drug-likeness (QED) is 0.824. The molecule has 0 unspecified atom stereocenters. The zero-order valence-corrected chi connectivity index (χ0v) is 16.1. The topological polar surface area (TPSA) is 50.2 Å². The van der Waals surface area contributed by atoms with E-state index in [1.807, 2.05) is 19.1 Å². The Morgan fingerprint density at radius 1 is 1.19 bits per heavy atom. The fraction of sp³-hybridized carbons (Fsp3) is 0.500. The van der Waals surface area contributed by atoms with Gasteiger partial charge in [-0.3, -0.25) is 14.4 Å². The molecule has 1 aromatic heterocycles. The fourth-order valence-electron chi connectivity index (χ4n) is 3.31. The van der Waals surface area contributed by atoms with E-state index < -0.39 is 0 Å². The van der Waals surface area contributed by atoms with Crippen LogP contribution in [0.2, 0.25) is 5.02 Å². The Kier molecular flexibility index (Phi) is 6.69. The van der Waals surface area contributed by atoms with Crippen molar-refractivity contribution in [1.82, 2.24) is 14.7 Å². The third-order valence-corrected chi connectivity index (χ3v) is 5.03. The molecule has 3 rings (SSSR count). The van der Waals surface area contributed by atoms with Crippen LogP contribution >= 0.6 is 11.6 Å². The summed E-state index contributed by atoms with van der Waals surface area (Å²) in [5.74, 6) is -0.209. The van der Waals surface area contributed by atoms with Gasteiger partial charge in [-0.25, -0.2) is 0 Å². The second kappa shape index (κ2) is 9.19. The number of anilines is 1. The molecular weight excluding hydrogens is 348 g/mol. The number of aromatic nitrogens is 2. The van der Waals surface area contributed by atoms with Crippen LogP contribution in [0.1, 0.15) is 38.2 Å². The first-order valence-electron chi connectivity index (χ1n) is 9.40. The minimum absolute atomic E-state index is 0.0168. The maximum Gasteiger partial charge on any atom is 0.229 e. The normalized spacial score (nSPS) is 16.8. The van der Waals surface area contributed by atoms with Crippen molar-refractivity contribution in [1.29, 1.82) is 0 Å². The molecular formula is C20H27ClN4O. The highest BCUT2D eigenvalue weighted by atomic mass is 35.5. The van der Waals surface area contributed by atoms with Gasteiger partial charge in [0.05, 0.1) is 23.7 Å². The number of hydrogen-bond donors (Lipinski definition) is 1. The summed E-state index contributed by atoms with van der Waals surface area (Å²) >= 11 is 5.86. The standard InChI is InChI=1S/C20H27ClN4O/c1-16(13-25-15-18(21)12-22-25)20(26)23-19-8-6-17(7-9-19)14-24-10-4-2-3-5-11-24/h6-9,12,15-16H,2-5,10-11,13-14H2,1H3,(H,23,26)/t16-/m0/s1. The first kappa shape index (κ1) is 18.9. The molecule has 1 aromatic carbocycles. The Labute approximate surface area is 160 Å². The van der Waals surface area contributed by atoms with Gasteiger partial charge in [0.2, 0.25) is 5.91 Å². The van der Waals surface area contributed by atoms with Gasteiger partial charge in [0.25, 0.3) is 0 Å². The van der Waals surface area contributed by atoms with E-state index in [4.69, 9.17) is 11.6 Å². The number of nitrogens with one attached hydrogen (secondary N) is 1. The van der Waals surface area contributed by atoms with Crippen molar-refractivity contribution in [3.8, 4) is 0 Å². The van der Waals surface area contributed by atoms with E-state index in [2.05, 4.69) is 27.4 Å². The van der Waals surface area contributed by atoms with Gasteiger partial charge in [-0.15, -0.1) is 0 Å². The number of carbonyl (C=O) groups is 1. The molecule has 140 valence electrons. The number of amides is 1. The Morgan fingerprint density at radius 3 is 2.50 bits per heavy atom. The average Bonchev–Trinajstić information content (AvgIpc) is 2.87. The molecule has 2 aromatic rings. The number of rotatable bonds is 6. The van der Waals surface area contributed by atoms with Gasteiger partial charge in [0, 0.05) is 18.4 Å². The summed E-state index contributed by atoms with van der Waals surface area (Å²) in [6.07, 6.45) is 8.61. The van der Waals surface area contributed by atoms with Crippen molar-refractivity contribution >= 4 is 23.2 Å². The second-order valence-corrected chi connectivity index (χ2v) is 7.59. The summed E-state index contributed by atoms with van der Waals surface area (Å²) in [4.78, 5) is 14.9. The molecule has 1 saturated heterocycles. The molecule has 1 N–H and O–H groups in total. The molecule has 2 heterocycles. The molecule has 1 aliphatic rings. The minimum Gasteiger partial charge on any atom is -0.326 e. The molecule has 1 fully saturated rings. The highest BCUT2D eigenvalue weighted by Gasteiger charge is 2.15. The fourth-order valence-corrected chi connectivity index (χ4v) is 3.47. The van der Waals surface area contributed by atoms with Gasteiger partial charge in [-0.05, 0) is 43.6 Å². The van der Waals surface area contributed by atoms with Crippen LogP contribution in [0.15, 0.2) is 36.7 Å². The number of nitrogens with zero attached hydrogens (tertiary/aromatic N) is 3.